The molecule has 0 saturated heterocycles. The molecule has 0 saturated carbocycles. The van der Waals surface area contributed by atoms with Crippen molar-refractivity contribution in [2.45, 2.75) is 20.0 Å². The highest BCUT2D eigenvalue weighted by Gasteiger charge is 1.98. The Morgan fingerprint density at radius 1 is 1.42 bits per heavy atom. The van der Waals surface area contributed by atoms with Crippen LogP contribution in [-0.4, -0.2) is 5.78 Å². The van der Waals surface area contributed by atoms with Gasteiger partial charge in [-0.15, -0.1) is 0 Å². The molecular formula is C10H11FO. The number of carbonyl (C=O) groups is 1. The molecule has 1 rings (SSSR count). The van der Waals surface area contributed by atoms with Crippen LogP contribution in [0.2, 0.25) is 0 Å². The first-order chi connectivity index (χ1) is 5.72. The fourth-order valence-electron chi connectivity index (χ4n) is 1.11. The van der Waals surface area contributed by atoms with Gasteiger partial charge in [-0.25, -0.2) is 4.39 Å². The molecule has 2 heteroatoms. The summed E-state index contributed by atoms with van der Waals surface area (Å²) >= 11 is 0. The Morgan fingerprint density at radius 2 is 2.08 bits per heavy atom. The minimum Gasteiger partial charge on any atom is -0.300 e. The number of Topliss-reactive ketones (excluding diaryl/α,β-unsaturated/α-hetero) is 1. The number of hydrogen-bond acceptors (Lipinski definition) is 1. The normalized spacial score (nSPS) is 9.83. The number of alkyl halides is 1. The summed E-state index contributed by atoms with van der Waals surface area (Å²) in [5.41, 5.74) is 1.52. The van der Waals surface area contributed by atoms with Crippen LogP contribution in [-0.2, 0) is 17.9 Å². The summed E-state index contributed by atoms with van der Waals surface area (Å²) in [5.74, 6) is 0.103. The van der Waals surface area contributed by atoms with Crippen LogP contribution in [0.5, 0.6) is 0 Å². The molecule has 1 aromatic carbocycles. The molecule has 0 radical (unpaired) electrons. The first-order valence-corrected chi connectivity index (χ1v) is 3.85. The van der Waals surface area contributed by atoms with Crippen molar-refractivity contribution in [2.75, 3.05) is 0 Å². The van der Waals surface area contributed by atoms with E-state index >= 15 is 0 Å². The average molecular weight is 166 g/mol. The molecule has 0 bridgehead atoms. The van der Waals surface area contributed by atoms with Crippen LogP contribution in [0, 0.1) is 0 Å². The van der Waals surface area contributed by atoms with Gasteiger partial charge in [0.1, 0.15) is 12.5 Å². The van der Waals surface area contributed by atoms with E-state index in [1.807, 2.05) is 6.07 Å². The van der Waals surface area contributed by atoms with E-state index in [4.69, 9.17) is 0 Å². The van der Waals surface area contributed by atoms with Gasteiger partial charge in [-0.05, 0) is 18.1 Å². The van der Waals surface area contributed by atoms with Gasteiger partial charge >= 0.3 is 0 Å². The van der Waals surface area contributed by atoms with Gasteiger partial charge in [-0.1, -0.05) is 24.3 Å². The van der Waals surface area contributed by atoms with Gasteiger partial charge in [0.25, 0.3) is 0 Å². The van der Waals surface area contributed by atoms with Crippen LogP contribution in [0.3, 0.4) is 0 Å². The maximum absolute atomic E-state index is 12.2. The summed E-state index contributed by atoms with van der Waals surface area (Å²) in [6, 6.07) is 7.04. The topological polar surface area (TPSA) is 17.1 Å². The van der Waals surface area contributed by atoms with Crippen molar-refractivity contribution >= 4 is 5.78 Å². The summed E-state index contributed by atoms with van der Waals surface area (Å²) in [6.45, 7) is 1.06. The molecule has 0 N–H and O–H groups in total. The van der Waals surface area contributed by atoms with Crippen molar-refractivity contribution in [3.05, 3.63) is 35.4 Å². The largest absolute Gasteiger partial charge is 0.300 e. The second-order valence-electron chi connectivity index (χ2n) is 2.83. The van der Waals surface area contributed by atoms with Crippen molar-refractivity contribution in [2.24, 2.45) is 0 Å². The molecule has 0 spiro atoms. The van der Waals surface area contributed by atoms with Gasteiger partial charge in [-0.2, -0.15) is 0 Å². The van der Waals surface area contributed by atoms with Gasteiger partial charge in [0.2, 0.25) is 0 Å². The number of hydrogen-bond donors (Lipinski definition) is 0. The van der Waals surface area contributed by atoms with E-state index in [2.05, 4.69) is 0 Å². The van der Waals surface area contributed by atoms with Gasteiger partial charge in [0.15, 0.2) is 0 Å². The quantitative estimate of drug-likeness (QED) is 0.673. The third kappa shape index (κ3) is 2.46. The lowest BCUT2D eigenvalue weighted by Crippen LogP contribution is -1.96. The second kappa shape index (κ2) is 4.00. The zero-order chi connectivity index (χ0) is 8.97. The van der Waals surface area contributed by atoms with Crippen molar-refractivity contribution in [3.8, 4) is 0 Å². The van der Waals surface area contributed by atoms with Crippen LogP contribution in [0.25, 0.3) is 0 Å². The number of benzene rings is 1. The Labute approximate surface area is 71.2 Å². The zero-order valence-electron chi connectivity index (χ0n) is 7.01. The Morgan fingerprint density at radius 3 is 2.67 bits per heavy atom. The molecule has 0 aliphatic rings. The maximum Gasteiger partial charge on any atom is 0.134 e. The Kier molecular flexibility index (Phi) is 2.97. The highest BCUT2D eigenvalue weighted by molar-refractivity contribution is 5.78. The molecule has 0 atom stereocenters. The van der Waals surface area contributed by atoms with Gasteiger partial charge in [-0.3, -0.25) is 4.79 Å². The van der Waals surface area contributed by atoms with Crippen LogP contribution < -0.4 is 0 Å². The third-order valence-corrected chi connectivity index (χ3v) is 1.60. The van der Waals surface area contributed by atoms with Gasteiger partial charge in [0, 0.05) is 6.42 Å². The van der Waals surface area contributed by atoms with Crippen LogP contribution in [0.4, 0.5) is 4.39 Å². The summed E-state index contributed by atoms with van der Waals surface area (Å²) in [7, 11) is 0. The molecular weight excluding hydrogens is 155 g/mol. The van der Waals surface area contributed by atoms with Crippen LogP contribution in [0.15, 0.2) is 24.3 Å². The van der Waals surface area contributed by atoms with Crippen molar-refractivity contribution in [3.63, 3.8) is 0 Å². The lowest BCUT2D eigenvalue weighted by Gasteiger charge is -1.99. The predicted octanol–water partition coefficient (Wildman–Crippen LogP) is 2.29. The lowest BCUT2D eigenvalue weighted by atomic mass is 10.1. The third-order valence-electron chi connectivity index (χ3n) is 1.60. The van der Waals surface area contributed by atoms with E-state index in [-0.39, 0.29) is 5.78 Å². The molecule has 1 aromatic rings. The van der Waals surface area contributed by atoms with Crippen LogP contribution >= 0.6 is 0 Å². The molecule has 0 unspecified atom stereocenters. The van der Waals surface area contributed by atoms with Crippen molar-refractivity contribution < 1.29 is 9.18 Å². The Balaban J connectivity index is 2.79. The highest BCUT2D eigenvalue weighted by Crippen LogP contribution is 2.07. The predicted molar refractivity (Wildman–Crippen MR) is 45.6 cm³/mol. The first kappa shape index (κ1) is 8.91. The first-order valence-electron chi connectivity index (χ1n) is 3.85. The van der Waals surface area contributed by atoms with E-state index in [0.29, 0.717) is 12.0 Å². The molecule has 0 amide bonds. The molecule has 0 fully saturated rings. The summed E-state index contributed by atoms with van der Waals surface area (Å²) in [6.07, 6.45) is 0.397. The summed E-state index contributed by atoms with van der Waals surface area (Å²) < 4.78 is 12.2. The minimum absolute atomic E-state index is 0.103. The van der Waals surface area contributed by atoms with Gasteiger partial charge in [0.05, 0.1) is 0 Å². The van der Waals surface area contributed by atoms with E-state index < -0.39 is 6.67 Å². The number of carbonyl (C=O) groups excluding carboxylic acids is 1. The molecule has 64 valence electrons. The molecule has 0 aliphatic carbocycles. The van der Waals surface area contributed by atoms with Crippen molar-refractivity contribution in [1.82, 2.24) is 0 Å². The summed E-state index contributed by atoms with van der Waals surface area (Å²) in [5, 5.41) is 0. The average Bonchev–Trinajstić information content (AvgIpc) is 2.03. The maximum atomic E-state index is 12.2. The molecule has 0 aliphatic heterocycles. The fraction of sp³-hybridized carbons (Fsp3) is 0.300. The van der Waals surface area contributed by atoms with E-state index in [1.165, 1.54) is 6.92 Å². The monoisotopic (exact) mass is 166 g/mol. The number of rotatable bonds is 3. The standard InChI is InChI=1S/C10H11FO/c1-8(12)5-9-3-2-4-10(6-9)7-11/h2-4,6H,5,7H2,1H3. The highest BCUT2D eigenvalue weighted by atomic mass is 19.1. The molecule has 1 nitrogen and oxygen atoms in total. The smallest absolute Gasteiger partial charge is 0.134 e. The Bertz CT molecular complexity index is 281. The second-order valence-corrected chi connectivity index (χ2v) is 2.83. The van der Waals surface area contributed by atoms with E-state index in [0.717, 1.165) is 5.56 Å². The molecule has 12 heavy (non-hydrogen) atoms. The minimum atomic E-state index is -0.467. The summed E-state index contributed by atoms with van der Waals surface area (Å²) in [4.78, 5) is 10.7. The van der Waals surface area contributed by atoms with Crippen molar-refractivity contribution in [1.29, 1.82) is 0 Å². The number of ketones is 1. The lowest BCUT2D eigenvalue weighted by molar-refractivity contribution is -0.116. The SMILES string of the molecule is CC(=O)Cc1cccc(CF)c1. The van der Waals surface area contributed by atoms with E-state index in [1.54, 1.807) is 18.2 Å². The number of halogens is 1. The van der Waals surface area contributed by atoms with E-state index in [9.17, 15) is 9.18 Å². The zero-order valence-corrected chi connectivity index (χ0v) is 7.01. The van der Waals surface area contributed by atoms with Gasteiger partial charge < -0.3 is 0 Å². The Hall–Kier alpha value is -1.18. The molecule has 0 heterocycles. The fourth-order valence-corrected chi connectivity index (χ4v) is 1.11. The van der Waals surface area contributed by atoms with Crippen LogP contribution in [0.1, 0.15) is 18.1 Å². The molecule has 0 aromatic heterocycles.